The molecule has 2 unspecified atom stereocenters. The van der Waals surface area contributed by atoms with Crippen LogP contribution in [0.4, 0.5) is 0 Å². The zero-order chi connectivity index (χ0) is 12.9. The first-order valence-electron chi connectivity index (χ1n) is 8.58. The monoisotopic (exact) mass is 263 g/mol. The molecule has 4 bridgehead atoms. The van der Waals surface area contributed by atoms with E-state index in [1.165, 1.54) is 44.9 Å². The zero-order valence-electron chi connectivity index (χ0n) is 12.2. The third-order valence-electron chi connectivity index (χ3n) is 7.10. The molecule has 5 aliphatic rings. The fourth-order valence-corrected chi connectivity index (χ4v) is 6.67. The second-order valence-electron chi connectivity index (χ2n) is 7.96. The van der Waals surface area contributed by atoms with Crippen LogP contribution in [0.1, 0.15) is 51.4 Å². The van der Waals surface area contributed by atoms with Gasteiger partial charge in [-0.1, -0.05) is 0 Å². The van der Waals surface area contributed by atoms with Gasteiger partial charge in [0.25, 0.3) is 0 Å². The molecule has 19 heavy (non-hydrogen) atoms. The summed E-state index contributed by atoms with van der Waals surface area (Å²) in [5, 5.41) is 0. The minimum absolute atomic E-state index is 0.728. The van der Waals surface area contributed by atoms with Crippen LogP contribution in [0, 0.1) is 35.0 Å². The molecule has 2 nitrogen and oxygen atoms in total. The van der Waals surface area contributed by atoms with Crippen molar-refractivity contribution in [3.8, 4) is 0 Å². The van der Waals surface area contributed by atoms with Crippen molar-refractivity contribution in [3.05, 3.63) is 0 Å². The second kappa shape index (κ2) is 4.73. The van der Waals surface area contributed by atoms with E-state index in [-0.39, 0.29) is 0 Å². The van der Waals surface area contributed by atoms with Gasteiger partial charge in [-0.25, -0.2) is 0 Å². The molecule has 0 aromatic heterocycles. The maximum atomic E-state index is 5.87. The maximum absolute atomic E-state index is 5.87. The van der Waals surface area contributed by atoms with Crippen molar-refractivity contribution in [2.45, 2.75) is 51.4 Å². The van der Waals surface area contributed by atoms with E-state index in [9.17, 15) is 0 Å². The average Bonchev–Trinajstić information content (AvgIpc) is 2.43. The minimum atomic E-state index is 0.728. The van der Waals surface area contributed by atoms with Crippen LogP contribution in [-0.2, 0) is 4.74 Å². The van der Waals surface area contributed by atoms with E-state index >= 15 is 0 Å². The lowest BCUT2D eigenvalue weighted by molar-refractivity contribution is -0.140. The highest BCUT2D eigenvalue weighted by molar-refractivity contribution is 5.07. The Hall–Kier alpha value is -0.0800. The molecule has 1 saturated heterocycles. The number of ether oxygens (including phenoxy) is 1. The SMILES string of the molecule is NCCC1C2CC3CC1CC(C1CCOCC1)(C3)C2. The molecule has 0 aromatic rings. The van der Waals surface area contributed by atoms with Crippen molar-refractivity contribution in [3.63, 3.8) is 0 Å². The van der Waals surface area contributed by atoms with E-state index in [4.69, 9.17) is 10.5 Å². The maximum Gasteiger partial charge on any atom is 0.0468 e. The van der Waals surface area contributed by atoms with Gasteiger partial charge in [-0.15, -0.1) is 0 Å². The standard InChI is InChI=1S/C17H29NO/c18-4-1-16-13-7-12-8-14(16)11-17(9-12,10-13)15-2-5-19-6-3-15/h12-16H,1-11,18H2. The van der Waals surface area contributed by atoms with E-state index in [1.807, 2.05) is 0 Å². The highest BCUT2D eigenvalue weighted by atomic mass is 16.5. The van der Waals surface area contributed by atoms with Crippen molar-refractivity contribution >= 4 is 0 Å². The van der Waals surface area contributed by atoms with E-state index < -0.39 is 0 Å². The highest BCUT2D eigenvalue weighted by Crippen LogP contribution is 2.66. The lowest BCUT2D eigenvalue weighted by Crippen LogP contribution is -2.54. The molecule has 2 atom stereocenters. The second-order valence-corrected chi connectivity index (χ2v) is 7.96. The number of rotatable bonds is 3. The van der Waals surface area contributed by atoms with Crippen LogP contribution in [0.2, 0.25) is 0 Å². The van der Waals surface area contributed by atoms with Crippen molar-refractivity contribution < 1.29 is 4.74 Å². The summed E-state index contributed by atoms with van der Waals surface area (Å²) in [5.41, 5.74) is 6.60. The van der Waals surface area contributed by atoms with Crippen LogP contribution in [0.3, 0.4) is 0 Å². The number of hydrogen-bond acceptors (Lipinski definition) is 2. The van der Waals surface area contributed by atoms with E-state index in [0.29, 0.717) is 0 Å². The number of nitrogens with two attached hydrogens (primary N) is 1. The van der Waals surface area contributed by atoms with Gasteiger partial charge in [-0.05, 0) is 92.9 Å². The summed E-state index contributed by atoms with van der Waals surface area (Å²) in [6, 6.07) is 0. The van der Waals surface area contributed by atoms with Crippen molar-refractivity contribution in [2.75, 3.05) is 19.8 Å². The molecule has 0 amide bonds. The van der Waals surface area contributed by atoms with E-state index in [2.05, 4.69) is 0 Å². The molecule has 5 rings (SSSR count). The molecular weight excluding hydrogens is 234 g/mol. The largest absolute Gasteiger partial charge is 0.381 e. The summed E-state index contributed by atoms with van der Waals surface area (Å²) in [6.45, 7) is 2.96. The molecular formula is C17H29NO. The van der Waals surface area contributed by atoms with Crippen molar-refractivity contribution in [1.29, 1.82) is 0 Å². The van der Waals surface area contributed by atoms with Gasteiger partial charge in [0.2, 0.25) is 0 Å². The Morgan fingerprint density at radius 1 is 1.00 bits per heavy atom. The first-order valence-corrected chi connectivity index (χ1v) is 8.58. The minimum Gasteiger partial charge on any atom is -0.381 e. The fourth-order valence-electron chi connectivity index (χ4n) is 6.67. The molecule has 1 aliphatic heterocycles. The van der Waals surface area contributed by atoms with Gasteiger partial charge in [0, 0.05) is 13.2 Å². The molecule has 2 heteroatoms. The lowest BCUT2D eigenvalue weighted by atomic mass is 9.42. The summed E-state index contributed by atoms with van der Waals surface area (Å²) < 4.78 is 5.61. The third kappa shape index (κ3) is 1.98. The van der Waals surface area contributed by atoms with E-state index in [0.717, 1.165) is 54.8 Å². The molecule has 2 N–H and O–H groups in total. The summed E-state index contributed by atoms with van der Waals surface area (Å²) in [7, 11) is 0. The highest BCUT2D eigenvalue weighted by Gasteiger charge is 2.57. The smallest absolute Gasteiger partial charge is 0.0468 e. The predicted molar refractivity (Wildman–Crippen MR) is 76.7 cm³/mol. The fraction of sp³-hybridized carbons (Fsp3) is 1.00. The Morgan fingerprint density at radius 2 is 1.68 bits per heavy atom. The van der Waals surface area contributed by atoms with Crippen molar-refractivity contribution in [2.24, 2.45) is 40.7 Å². The number of hydrogen-bond donors (Lipinski definition) is 1. The normalized spacial score (nSPS) is 49.7. The quantitative estimate of drug-likeness (QED) is 0.848. The Labute approximate surface area is 117 Å². The molecule has 108 valence electrons. The molecule has 0 aromatic carbocycles. The van der Waals surface area contributed by atoms with Gasteiger partial charge in [-0.3, -0.25) is 0 Å². The van der Waals surface area contributed by atoms with Gasteiger partial charge >= 0.3 is 0 Å². The van der Waals surface area contributed by atoms with Gasteiger partial charge < -0.3 is 10.5 Å². The Balaban J connectivity index is 1.56. The summed E-state index contributed by atoms with van der Waals surface area (Å²) in [5.74, 6) is 5.08. The average molecular weight is 263 g/mol. The Kier molecular flexibility index (Phi) is 3.15. The van der Waals surface area contributed by atoms with Crippen LogP contribution in [0.25, 0.3) is 0 Å². The summed E-state index contributed by atoms with van der Waals surface area (Å²) >= 11 is 0. The molecule has 0 radical (unpaired) electrons. The van der Waals surface area contributed by atoms with Gasteiger partial charge in [0.05, 0.1) is 0 Å². The molecule has 4 aliphatic carbocycles. The van der Waals surface area contributed by atoms with Gasteiger partial charge in [0.15, 0.2) is 0 Å². The first-order chi connectivity index (χ1) is 9.31. The molecule has 1 heterocycles. The van der Waals surface area contributed by atoms with Crippen molar-refractivity contribution in [1.82, 2.24) is 0 Å². The lowest BCUT2D eigenvalue weighted by Gasteiger charge is -2.63. The molecule has 5 fully saturated rings. The van der Waals surface area contributed by atoms with Crippen LogP contribution >= 0.6 is 0 Å². The van der Waals surface area contributed by atoms with Gasteiger partial charge in [-0.2, -0.15) is 0 Å². The van der Waals surface area contributed by atoms with Crippen LogP contribution in [-0.4, -0.2) is 19.8 Å². The summed E-state index contributed by atoms with van der Waals surface area (Å²) in [4.78, 5) is 0. The summed E-state index contributed by atoms with van der Waals surface area (Å²) in [6.07, 6.45) is 11.7. The zero-order valence-corrected chi connectivity index (χ0v) is 12.2. The Bertz CT molecular complexity index is 320. The van der Waals surface area contributed by atoms with Crippen LogP contribution in [0.15, 0.2) is 0 Å². The van der Waals surface area contributed by atoms with Crippen LogP contribution < -0.4 is 5.73 Å². The van der Waals surface area contributed by atoms with Crippen LogP contribution in [0.5, 0.6) is 0 Å². The first kappa shape index (κ1) is 12.6. The Morgan fingerprint density at radius 3 is 2.32 bits per heavy atom. The topological polar surface area (TPSA) is 35.2 Å². The van der Waals surface area contributed by atoms with Gasteiger partial charge in [0.1, 0.15) is 0 Å². The molecule has 0 spiro atoms. The predicted octanol–water partition coefficient (Wildman–Crippen LogP) is 3.20. The van der Waals surface area contributed by atoms with E-state index in [1.54, 1.807) is 6.42 Å². The third-order valence-corrected chi connectivity index (χ3v) is 7.10. The molecule has 4 saturated carbocycles.